The van der Waals surface area contributed by atoms with Gasteiger partial charge in [-0.3, -0.25) is 9.78 Å². The third-order valence-corrected chi connectivity index (χ3v) is 4.23. The molecule has 6 heteroatoms. The van der Waals surface area contributed by atoms with Crippen molar-refractivity contribution in [1.82, 2.24) is 10.4 Å². The van der Waals surface area contributed by atoms with Crippen molar-refractivity contribution in [1.29, 1.82) is 0 Å². The normalized spacial score (nSPS) is 11.6. The van der Waals surface area contributed by atoms with E-state index in [9.17, 15) is 4.79 Å². The number of benzene rings is 1. The quantitative estimate of drug-likeness (QED) is 0.443. The summed E-state index contributed by atoms with van der Waals surface area (Å²) in [6.45, 7) is 1.78. The van der Waals surface area contributed by atoms with Gasteiger partial charge in [0, 0.05) is 16.5 Å². The third kappa shape index (κ3) is 3.78. The molecule has 0 saturated carbocycles. The summed E-state index contributed by atoms with van der Waals surface area (Å²) >= 11 is 1.44. The number of thioether (sulfide) groups is 1. The van der Waals surface area contributed by atoms with E-state index in [2.05, 4.69) is 15.5 Å². The number of hydrogen-bond donors (Lipinski definition) is 1. The van der Waals surface area contributed by atoms with E-state index in [4.69, 9.17) is 4.42 Å². The van der Waals surface area contributed by atoms with Gasteiger partial charge >= 0.3 is 0 Å². The van der Waals surface area contributed by atoms with Crippen LogP contribution in [-0.2, 0) is 4.79 Å². The Morgan fingerprint density at radius 2 is 2.13 bits per heavy atom. The molecule has 0 radical (unpaired) electrons. The molecule has 0 saturated heterocycles. The van der Waals surface area contributed by atoms with Crippen LogP contribution in [0.5, 0.6) is 0 Å². The van der Waals surface area contributed by atoms with Gasteiger partial charge in [0.1, 0.15) is 11.5 Å². The summed E-state index contributed by atoms with van der Waals surface area (Å²) in [6, 6.07) is 13.4. The minimum Gasteiger partial charge on any atom is -0.463 e. The van der Waals surface area contributed by atoms with Crippen molar-refractivity contribution in [2.75, 3.05) is 5.75 Å². The molecule has 23 heavy (non-hydrogen) atoms. The van der Waals surface area contributed by atoms with Gasteiger partial charge in [0.25, 0.3) is 0 Å². The van der Waals surface area contributed by atoms with E-state index in [-0.39, 0.29) is 11.7 Å². The first-order chi connectivity index (χ1) is 11.2. The van der Waals surface area contributed by atoms with Gasteiger partial charge in [0.2, 0.25) is 5.91 Å². The first-order valence-electron chi connectivity index (χ1n) is 7.07. The summed E-state index contributed by atoms with van der Waals surface area (Å²) in [6.07, 6.45) is 3.32. The zero-order valence-electron chi connectivity index (χ0n) is 12.5. The lowest BCUT2D eigenvalue weighted by molar-refractivity contribution is -0.118. The monoisotopic (exact) mass is 325 g/mol. The first kappa shape index (κ1) is 15.3. The highest BCUT2D eigenvalue weighted by atomic mass is 32.2. The molecular formula is C17H15N3O2S. The van der Waals surface area contributed by atoms with Gasteiger partial charge in [-0.1, -0.05) is 18.2 Å². The molecular weight excluding hydrogens is 310 g/mol. The molecule has 1 aromatic carbocycles. The zero-order chi connectivity index (χ0) is 16.1. The number of hydrogen-bond acceptors (Lipinski definition) is 5. The maximum atomic E-state index is 11.9. The second-order valence-electron chi connectivity index (χ2n) is 4.83. The van der Waals surface area contributed by atoms with Gasteiger partial charge in [-0.15, -0.1) is 11.8 Å². The minimum atomic E-state index is -0.172. The predicted molar refractivity (Wildman–Crippen MR) is 91.5 cm³/mol. The Kier molecular flexibility index (Phi) is 4.73. The molecule has 116 valence electrons. The molecule has 0 spiro atoms. The SMILES string of the molecule is C/C(=N/NC(=O)CSc1cccc2cccnc12)c1ccco1. The topological polar surface area (TPSA) is 67.5 Å². The van der Waals surface area contributed by atoms with Gasteiger partial charge in [0.15, 0.2) is 0 Å². The fourth-order valence-electron chi connectivity index (χ4n) is 2.05. The number of fused-ring (bicyclic) bond motifs is 1. The Bertz CT molecular complexity index is 839. The molecule has 0 bridgehead atoms. The Morgan fingerprint density at radius 3 is 2.96 bits per heavy atom. The average molecular weight is 325 g/mol. The second kappa shape index (κ2) is 7.11. The summed E-state index contributed by atoms with van der Waals surface area (Å²) in [5.41, 5.74) is 4.07. The van der Waals surface area contributed by atoms with Gasteiger partial charge < -0.3 is 4.42 Å². The maximum absolute atomic E-state index is 11.9. The van der Waals surface area contributed by atoms with Crippen LogP contribution in [-0.4, -0.2) is 22.4 Å². The van der Waals surface area contributed by atoms with Gasteiger partial charge in [-0.05, 0) is 31.2 Å². The standard InChI is InChI=1S/C17H15N3O2S/c1-12(14-7-4-10-22-14)19-20-16(21)11-23-15-8-2-5-13-6-3-9-18-17(13)15/h2-10H,11H2,1H3,(H,20,21)/b19-12-. The van der Waals surface area contributed by atoms with Gasteiger partial charge in [-0.25, -0.2) is 5.43 Å². The maximum Gasteiger partial charge on any atom is 0.250 e. The largest absolute Gasteiger partial charge is 0.463 e. The molecule has 0 unspecified atom stereocenters. The molecule has 0 aliphatic heterocycles. The fourth-order valence-corrected chi connectivity index (χ4v) is 2.89. The smallest absolute Gasteiger partial charge is 0.250 e. The lowest BCUT2D eigenvalue weighted by Crippen LogP contribution is -2.21. The Hall–Kier alpha value is -2.60. The van der Waals surface area contributed by atoms with Crippen LogP contribution in [0.3, 0.4) is 0 Å². The number of carbonyl (C=O) groups is 1. The first-order valence-corrected chi connectivity index (χ1v) is 8.06. The molecule has 1 N–H and O–H groups in total. The molecule has 3 rings (SSSR count). The Morgan fingerprint density at radius 1 is 1.26 bits per heavy atom. The number of aromatic nitrogens is 1. The van der Waals surface area contributed by atoms with Gasteiger partial charge in [-0.2, -0.15) is 5.10 Å². The van der Waals surface area contributed by atoms with Crippen molar-refractivity contribution in [3.63, 3.8) is 0 Å². The summed E-state index contributed by atoms with van der Waals surface area (Å²) < 4.78 is 5.21. The minimum absolute atomic E-state index is 0.172. The van der Waals surface area contributed by atoms with E-state index >= 15 is 0 Å². The number of amides is 1. The zero-order valence-corrected chi connectivity index (χ0v) is 13.3. The summed E-state index contributed by atoms with van der Waals surface area (Å²) in [7, 11) is 0. The second-order valence-corrected chi connectivity index (χ2v) is 5.85. The van der Waals surface area contributed by atoms with E-state index in [1.807, 2.05) is 30.3 Å². The predicted octanol–water partition coefficient (Wildman–Crippen LogP) is 3.46. The highest BCUT2D eigenvalue weighted by Gasteiger charge is 2.07. The Balaban J connectivity index is 1.61. The molecule has 2 heterocycles. The van der Waals surface area contributed by atoms with Gasteiger partial charge in [0.05, 0.1) is 17.5 Å². The van der Waals surface area contributed by atoms with Crippen molar-refractivity contribution in [3.05, 3.63) is 60.7 Å². The summed E-state index contributed by atoms with van der Waals surface area (Å²) in [4.78, 5) is 17.3. The number of pyridine rings is 1. The lowest BCUT2D eigenvalue weighted by atomic mass is 10.2. The fraction of sp³-hybridized carbons (Fsp3) is 0.118. The van der Waals surface area contributed by atoms with E-state index in [1.165, 1.54) is 11.8 Å². The number of para-hydroxylation sites is 1. The van der Waals surface area contributed by atoms with Crippen molar-refractivity contribution in [3.8, 4) is 0 Å². The summed E-state index contributed by atoms with van der Waals surface area (Å²) in [5, 5.41) is 5.10. The molecule has 0 aliphatic rings. The van der Waals surface area contributed by atoms with Crippen molar-refractivity contribution in [2.24, 2.45) is 5.10 Å². The van der Waals surface area contributed by atoms with Crippen LogP contribution in [0.4, 0.5) is 0 Å². The average Bonchev–Trinajstić information content (AvgIpc) is 3.12. The third-order valence-electron chi connectivity index (χ3n) is 3.18. The van der Waals surface area contributed by atoms with E-state index in [1.54, 1.807) is 31.5 Å². The van der Waals surface area contributed by atoms with Crippen LogP contribution in [0, 0.1) is 0 Å². The van der Waals surface area contributed by atoms with Crippen LogP contribution in [0.2, 0.25) is 0 Å². The van der Waals surface area contributed by atoms with Crippen molar-refractivity contribution >= 4 is 34.3 Å². The molecule has 2 aromatic heterocycles. The van der Waals surface area contributed by atoms with Crippen LogP contribution in [0.25, 0.3) is 10.9 Å². The van der Waals surface area contributed by atoms with Crippen molar-refractivity contribution < 1.29 is 9.21 Å². The van der Waals surface area contributed by atoms with Crippen LogP contribution in [0.15, 0.2) is 69.3 Å². The number of hydrazone groups is 1. The number of rotatable bonds is 5. The highest BCUT2D eigenvalue weighted by molar-refractivity contribution is 8.00. The van der Waals surface area contributed by atoms with E-state index in [0.29, 0.717) is 11.5 Å². The van der Waals surface area contributed by atoms with Crippen molar-refractivity contribution in [2.45, 2.75) is 11.8 Å². The summed E-state index contributed by atoms with van der Waals surface area (Å²) in [5.74, 6) is 0.731. The van der Waals surface area contributed by atoms with Crippen LogP contribution < -0.4 is 5.43 Å². The molecule has 0 aliphatic carbocycles. The van der Waals surface area contributed by atoms with E-state index < -0.39 is 0 Å². The number of nitrogens with one attached hydrogen (secondary N) is 1. The number of nitrogens with zero attached hydrogens (tertiary/aromatic N) is 2. The highest BCUT2D eigenvalue weighted by Crippen LogP contribution is 2.25. The molecule has 5 nitrogen and oxygen atoms in total. The lowest BCUT2D eigenvalue weighted by Gasteiger charge is -2.05. The van der Waals surface area contributed by atoms with Crippen LogP contribution >= 0.6 is 11.8 Å². The molecule has 0 atom stereocenters. The van der Waals surface area contributed by atoms with Crippen LogP contribution in [0.1, 0.15) is 12.7 Å². The number of furan rings is 1. The molecule has 1 amide bonds. The Labute approximate surface area is 137 Å². The van der Waals surface area contributed by atoms with E-state index in [0.717, 1.165) is 15.8 Å². The number of carbonyl (C=O) groups excluding carboxylic acids is 1. The molecule has 3 aromatic rings. The molecule has 0 fully saturated rings.